The average molecular weight is 517 g/mol. The minimum Gasteiger partial charge on any atom is -0.487 e. The topological polar surface area (TPSA) is 134 Å². The number of benzene rings is 2. The summed E-state index contributed by atoms with van der Waals surface area (Å²) in [6.45, 7) is 2.23. The number of hydrogen-bond donors (Lipinski definition) is 2. The molecule has 12 heteroatoms. The van der Waals surface area contributed by atoms with Crippen LogP contribution >= 0.6 is 0 Å². The lowest BCUT2D eigenvalue weighted by Crippen LogP contribution is -2.09. The van der Waals surface area contributed by atoms with Crippen molar-refractivity contribution < 1.29 is 18.9 Å². The summed E-state index contributed by atoms with van der Waals surface area (Å²) in [4.78, 5) is 16.0. The van der Waals surface area contributed by atoms with E-state index in [1.165, 1.54) is 6.33 Å². The highest BCUT2D eigenvalue weighted by Crippen LogP contribution is 2.35. The van der Waals surface area contributed by atoms with Crippen LogP contribution in [0.1, 0.15) is 5.69 Å². The maximum atomic E-state index is 5.94. The number of methoxy groups -OCH3 is 2. The van der Waals surface area contributed by atoms with Crippen LogP contribution in [0.3, 0.4) is 0 Å². The van der Waals surface area contributed by atoms with Crippen LogP contribution < -0.4 is 14.8 Å². The number of nitrogens with one attached hydrogen (secondary N) is 2. The minimum atomic E-state index is 0.377. The van der Waals surface area contributed by atoms with Crippen LogP contribution in [-0.2, 0) is 16.0 Å². The van der Waals surface area contributed by atoms with E-state index in [-0.39, 0.29) is 0 Å². The third-order valence-corrected chi connectivity index (χ3v) is 5.64. The van der Waals surface area contributed by atoms with Gasteiger partial charge in [-0.2, -0.15) is 0 Å². The van der Waals surface area contributed by atoms with Crippen LogP contribution in [0.4, 0.5) is 11.5 Å². The van der Waals surface area contributed by atoms with Gasteiger partial charge in [-0.1, -0.05) is 17.3 Å². The Bertz CT molecular complexity index is 1470. The van der Waals surface area contributed by atoms with Gasteiger partial charge in [0.05, 0.1) is 43.5 Å². The van der Waals surface area contributed by atoms with Crippen molar-refractivity contribution in [2.45, 2.75) is 6.54 Å². The molecule has 0 bridgehead atoms. The van der Waals surface area contributed by atoms with Gasteiger partial charge < -0.3 is 29.2 Å². The van der Waals surface area contributed by atoms with Gasteiger partial charge in [-0.15, -0.1) is 5.10 Å². The molecular weight excluding hydrogens is 488 g/mol. The summed E-state index contributed by atoms with van der Waals surface area (Å²) >= 11 is 0. The van der Waals surface area contributed by atoms with E-state index in [2.05, 4.69) is 35.6 Å². The molecule has 0 unspecified atom stereocenters. The number of ether oxygens (including phenoxy) is 4. The second kappa shape index (κ2) is 12.1. The molecule has 0 aliphatic heterocycles. The summed E-state index contributed by atoms with van der Waals surface area (Å²) in [5, 5.41) is 12.8. The van der Waals surface area contributed by atoms with Crippen molar-refractivity contribution in [1.82, 2.24) is 34.9 Å². The Balaban J connectivity index is 1.39. The van der Waals surface area contributed by atoms with Gasteiger partial charge in [-0.05, 0) is 18.2 Å². The zero-order chi connectivity index (χ0) is 26.2. The van der Waals surface area contributed by atoms with E-state index >= 15 is 0 Å². The molecule has 0 radical (unpaired) electrons. The van der Waals surface area contributed by atoms with E-state index in [1.807, 2.05) is 42.6 Å². The molecule has 196 valence electrons. The zero-order valence-electron chi connectivity index (χ0n) is 21.1. The van der Waals surface area contributed by atoms with Gasteiger partial charge in [-0.3, -0.25) is 0 Å². The lowest BCUT2D eigenvalue weighted by Gasteiger charge is -2.15. The number of anilines is 2. The largest absolute Gasteiger partial charge is 0.487 e. The fourth-order valence-electron chi connectivity index (χ4n) is 3.81. The first kappa shape index (κ1) is 25.1. The molecule has 0 saturated carbocycles. The van der Waals surface area contributed by atoms with Crippen LogP contribution in [0.15, 0.2) is 61.4 Å². The fourth-order valence-corrected chi connectivity index (χ4v) is 3.81. The second-order valence-corrected chi connectivity index (χ2v) is 8.30. The normalized spacial score (nSPS) is 11.1. The molecule has 0 amide bonds. The molecule has 38 heavy (non-hydrogen) atoms. The SMILES string of the molecule is COCCOc1cc2ncnc(Nc3cccc(-c4cn(Cc5cnc[nH]5)nn4)c3)c2cc1OCCOC. The molecule has 2 N–H and O–H groups in total. The summed E-state index contributed by atoms with van der Waals surface area (Å²) in [5.74, 6) is 1.79. The molecule has 0 fully saturated rings. The highest BCUT2D eigenvalue weighted by atomic mass is 16.5. The van der Waals surface area contributed by atoms with Crippen LogP contribution in [0.5, 0.6) is 11.5 Å². The molecule has 0 atom stereocenters. The van der Waals surface area contributed by atoms with Gasteiger partial charge >= 0.3 is 0 Å². The first-order chi connectivity index (χ1) is 18.7. The van der Waals surface area contributed by atoms with E-state index in [0.29, 0.717) is 55.8 Å². The van der Waals surface area contributed by atoms with Crippen molar-refractivity contribution in [3.05, 3.63) is 67.1 Å². The quantitative estimate of drug-likeness (QED) is 0.224. The molecular formula is C26H28N8O4. The van der Waals surface area contributed by atoms with Crippen molar-refractivity contribution >= 4 is 22.4 Å². The zero-order valence-corrected chi connectivity index (χ0v) is 21.1. The lowest BCUT2D eigenvalue weighted by molar-refractivity contribution is 0.132. The van der Waals surface area contributed by atoms with Crippen LogP contribution in [0, 0.1) is 0 Å². The number of imidazole rings is 1. The summed E-state index contributed by atoms with van der Waals surface area (Å²) in [6, 6.07) is 11.6. The molecule has 3 heterocycles. The van der Waals surface area contributed by atoms with Gasteiger partial charge in [0.15, 0.2) is 11.5 Å². The lowest BCUT2D eigenvalue weighted by atomic mass is 10.1. The minimum absolute atomic E-state index is 0.377. The number of hydrogen-bond acceptors (Lipinski definition) is 10. The van der Waals surface area contributed by atoms with E-state index in [0.717, 1.165) is 28.0 Å². The predicted octanol–water partition coefficient (Wildman–Crippen LogP) is 3.45. The van der Waals surface area contributed by atoms with Gasteiger partial charge in [-0.25, -0.2) is 19.6 Å². The van der Waals surface area contributed by atoms with Crippen LogP contribution in [0.25, 0.3) is 22.2 Å². The molecule has 3 aromatic heterocycles. The van der Waals surface area contributed by atoms with Gasteiger partial charge in [0, 0.05) is 43.1 Å². The monoisotopic (exact) mass is 516 g/mol. The van der Waals surface area contributed by atoms with Crippen molar-refractivity contribution in [2.75, 3.05) is 46.0 Å². The Morgan fingerprint density at radius 2 is 1.76 bits per heavy atom. The van der Waals surface area contributed by atoms with Gasteiger partial charge in [0.1, 0.15) is 31.1 Å². The molecule has 0 aliphatic rings. The van der Waals surface area contributed by atoms with Crippen molar-refractivity contribution in [3.63, 3.8) is 0 Å². The highest BCUT2D eigenvalue weighted by molar-refractivity contribution is 5.93. The maximum absolute atomic E-state index is 5.94. The molecule has 5 rings (SSSR count). The number of aromatic amines is 1. The van der Waals surface area contributed by atoms with E-state index in [4.69, 9.17) is 18.9 Å². The van der Waals surface area contributed by atoms with Crippen molar-refractivity contribution in [3.8, 4) is 22.8 Å². The van der Waals surface area contributed by atoms with Gasteiger partial charge in [0.2, 0.25) is 0 Å². The van der Waals surface area contributed by atoms with Crippen LogP contribution in [-0.4, -0.2) is 75.6 Å². The Morgan fingerprint density at radius 3 is 2.53 bits per heavy atom. The molecule has 0 saturated heterocycles. The van der Waals surface area contributed by atoms with E-state index in [1.54, 1.807) is 31.4 Å². The number of fused-ring (bicyclic) bond motifs is 1. The summed E-state index contributed by atoms with van der Waals surface area (Å²) in [7, 11) is 3.26. The summed E-state index contributed by atoms with van der Waals surface area (Å²) < 4.78 is 23.8. The molecule has 0 aliphatic carbocycles. The first-order valence-electron chi connectivity index (χ1n) is 12.0. The number of H-pyrrole nitrogens is 1. The fraction of sp³-hybridized carbons (Fsp3) is 0.269. The number of aromatic nitrogens is 7. The summed E-state index contributed by atoms with van der Waals surface area (Å²) in [5.41, 5.74) is 4.18. The maximum Gasteiger partial charge on any atom is 0.163 e. The molecule has 0 spiro atoms. The average Bonchev–Trinajstić information content (AvgIpc) is 3.62. The van der Waals surface area contributed by atoms with Crippen molar-refractivity contribution in [2.24, 2.45) is 0 Å². The summed E-state index contributed by atoms with van der Waals surface area (Å²) in [6.07, 6.45) is 6.82. The number of nitrogens with zero attached hydrogens (tertiary/aromatic N) is 6. The smallest absolute Gasteiger partial charge is 0.163 e. The number of rotatable bonds is 13. The van der Waals surface area contributed by atoms with Gasteiger partial charge in [0.25, 0.3) is 0 Å². The Morgan fingerprint density at radius 1 is 0.947 bits per heavy atom. The third-order valence-electron chi connectivity index (χ3n) is 5.64. The van der Waals surface area contributed by atoms with Crippen LogP contribution in [0.2, 0.25) is 0 Å². The molecule has 12 nitrogen and oxygen atoms in total. The third kappa shape index (κ3) is 6.05. The Hall–Kier alpha value is -4.55. The predicted molar refractivity (Wildman–Crippen MR) is 141 cm³/mol. The molecule has 5 aromatic rings. The highest BCUT2D eigenvalue weighted by Gasteiger charge is 2.14. The standard InChI is InChI=1S/C26H28N8O4/c1-35-6-8-37-24-11-21-22(12-25(24)38-9-7-36-2)29-17-30-26(21)31-19-5-3-4-18(10-19)23-15-34(33-32-23)14-20-13-27-16-28-20/h3-5,10-13,15-17H,6-9,14H2,1-2H3,(H,27,28)(H,29,30,31). The van der Waals surface area contributed by atoms with Crippen molar-refractivity contribution in [1.29, 1.82) is 0 Å². The second-order valence-electron chi connectivity index (χ2n) is 8.30. The first-order valence-corrected chi connectivity index (χ1v) is 12.0. The van der Waals surface area contributed by atoms with E-state index < -0.39 is 0 Å². The van der Waals surface area contributed by atoms with E-state index in [9.17, 15) is 0 Å². The Kier molecular flexibility index (Phi) is 8.01. The Labute approximate surface area is 219 Å². The molecule has 2 aromatic carbocycles.